The van der Waals surface area contributed by atoms with E-state index in [-0.39, 0.29) is 11.6 Å². The van der Waals surface area contributed by atoms with Crippen LogP contribution in [0.5, 0.6) is 0 Å². The molecule has 0 radical (unpaired) electrons. The van der Waals surface area contributed by atoms with Gasteiger partial charge in [0, 0.05) is 18.4 Å². The first-order valence-electron chi connectivity index (χ1n) is 6.73. The number of ketones is 2. The Morgan fingerprint density at radius 2 is 1.74 bits per heavy atom. The quantitative estimate of drug-likeness (QED) is 0.780. The lowest BCUT2D eigenvalue weighted by atomic mass is 9.95. The second kappa shape index (κ2) is 4.61. The number of Topliss-reactive ketones (excluding diaryl/α,β-unsaturated/α-hetero) is 2. The average Bonchev–Trinajstić information content (AvgIpc) is 2.82. The van der Waals surface area contributed by atoms with Crippen molar-refractivity contribution < 1.29 is 9.59 Å². The maximum Gasteiger partial charge on any atom is 0.163 e. The lowest BCUT2D eigenvalue weighted by Gasteiger charge is -2.07. The van der Waals surface area contributed by atoms with Gasteiger partial charge in [-0.25, -0.2) is 0 Å². The van der Waals surface area contributed by atoms with Crippen molar-refractivity contribution in [1.82, 2.24) is 0 Å². The predicted molar refractivity (Wildman–Crippen MR) is 75.6 cm³/mol. The van der Waals surface area contributed by atoms with Crippen LogP contribution in [-0.4, -0.2) is 11.6 Å². The number of hydrogen-bond donors (Lipinski definition) is 0. The molecule has 0 heterocycles. The van der Waals surface area contributed by atoms with E-state index < -0.39 is 0 Å². The fourth-order valence-corrected chi connectivity index (χ4v) is 2.91. The van der Waals surface area contributed by atoms with Crippen molar-refractivity contribution in [2.45, 2.75) is 32.6 Å². The van der Waals surface area contributed by atoms with Gasteiger partial charge in [-0.15, -0.1) is 0 Å². The standard InChI is InChI=1S/C17H16O2/c1-11(18)5-10-16(19)14-9-8-13-7-6-12-3-2-4-15(14)17(12)13/h2-4,8-9H,5-7,10H2,1H3. The first kappa shape index (κ1) is 12.1. The Kier molecular flexibility index (Phi) is 2.94. The van der Waals surface area contributed by atoms with Crippen LogP contribution >= 0.6 is 0 Å². The number of aryl methyl sites for hydroxylation is 2. The van der Waals surface area contributed by atoms with Crippen molar-refractivity contribution in [2.75, 3.05) is 0 Å². The molecule has 0 atom stereocenters. The van der Waals surface area contributed by atoms with Gasteiger partial charge < -0.3 is 4.79 Å². The zero-order chi connectivity index (χ0) is 13.4. The number of hydrogen-bond acceptors (Lipinski definition) is 2. The summed E-state index contributed by atoms with van der Waals surface area (Å²) in [6.07, 6.45) is 2.78. The van der Waals surface area contributed by atoms with Crippen LogP contribution in [0.4, 0.5) is 0 Å². The molecule has 1 aliphatic rings. The number of rotatable bonds is 4. The van der Waals surface area contributed by atoms with Crippen LogP contribution in [0.15, 0.2) is 30.3 Å². The van der Waals surface area contributed by atoms with Gasteiger partial charge in [0.25, 0.3) is 0 Å². The third-order valence-electron chi connectivity index (χ3n) is 3.88. The van der Waals surface area contributed by atoms with E-state index in [1.165, 1.54) is 23.4 Å². The van der Waals surface area contributed by atoms with E-state index in [1.807, 2.05) is 18.2 Å². The summed E-state index contributed by atoms with van der Waals surface area (Å²) in [4.78, 5) is 23.3. The lowest BCUT2D eigenvalue weighted by Crippen LogP contribution is -2.03. The highest BCUT2D eigenvalue weighted by Gasteiger charge is 2.18. The fraction of sp³-hybridized carbons (Fsp3) is 0.294. The van der Waals surface area contributed by atoms with Gasteiger partial charge in [0.2, 0.25) is 0 Å². The van der Waals surface area contributed by atoms with Gasteiger partial charge in [0.15, 0.2) is 5.78 Å². The number of benzene rings is 2. The van der Waals surface area contributed by atoms with Crippen molar-refractivity contribution in [3.8, 4) is 0 Å². The molecule has 2 aromatic rings. The molecule has 0 aliphatic heterocycles. The normalized spacial score (nSPS) is 12.9. The van der Waals surface area contributed by atoms with Crippen molar-refractivity contribution in [3.05, 3.63) is 47.0 Å². The van der Waals surface area contributed by atoms with Crippen LogP contribution < -0.4 is 0 Å². The summed E-state index contributed by atoms with van der Waals surface area (Å²) in [5.74, 6) is 0.144. The maximum atomic E-state index is 12.3. The average molecular weight is 252 g/mol. The third kappa shape index (κ3) is 2.07. The molecular formula is C17H16O2. The SMILES string of the molecule is CC(=O)CCC(=O)c1ccc2c3c(cccc13)CC2. The summed E-state index contributed by atoms with van der Waals surface area (Å²) in [5.41, 5.74) is 3.45. The van der Waals surface area contributed by atoms with E-state index in [1.54, 1.807) is 0 Å². The Balaban J connectivity index is 2.06. The van der Waals surface area contributed by atoms with Crippen molar-refractivity contribution in [2.24, 2.45) is 0 Å². The Labute approximate surface area is 112 Å². The van der Waals surface area contributed by atoms with E-state index in [9.17, 15) is 9.59 Å². The zero-order valence-corrected chi connectivity index (χ0v) is 11.0. The van der Waals surface area contributed by atoms with Gasteiger partial charge in [-0.3, -0.25) is 4.79 Å². The number of carbonyl (C=O) groups excluding carboxylic acids is 2. The zero-order valence-electron chi connectivity index (χ0n) is 11.0. The van der Waals surface area contributed by atoms with Gasteiger partial charge in [0.05, 0.1) is 0 Å². The molecule has 2 nitrogen and oxygen atoms in total. The molecule has 0 aromatic heterocycles. The van der Waals surface area contributed by atoms with E-state index in [2.05, 4.69) is 12.1 Å². The van der Waals surface area contributed by atoms with Gasteiger partial charge >= 0.3 is 0 Å². The Morgan fingerprint density at radius 3 is 2.47 bits per heavy atom. The molecule has 0 unspecified atom stereocenters. The minimum Gasteiger partial charge on any atom is -0.300 e. The highest BCUT2D eigenvalue weighted by atomic mass is 16.1. The summed E-state index contributed by atoms with van der Waals surface area (Å²) >= 11 is 0. The second-order valence-corrected chi connectivity index (χ2v) is 5.24. The molecule has 0 fully saturated rings. The van der Waals surface area contributed by atoms with Gasteiger partial charge in [-0.05, 0) is 41.7 Å². The summed E-state index contributed by atoms with van der Waals surface area (Å²) in [5, 5.41) is 2.32. The Hall–Kier alpha value is -1.96. The van der Waals surface area contributed by atoms with Crippen LogP contribution in [0, 0.1) is 0 Å². The van der Waals surface area contributed by atoms with Crippen LogP contribution in [0.25, 0.3) is 10.8 Å². The highest BCUT2D eigenvalue weighted by Crippen LogP contribution is 2.33. The number of carbonyl (C=O) groups is 2. The van der Waals surface area contributed by atoms with Crippen molar-refractivity contribution in [1.29, 1.82) is 0 Å². The summed E-state index contributed by atoms with van der Waals surface area (Å²) in [7, 11) is 0. The smallest absolute Gasteiger partial charge is 0.163 e. The summed E-state index contributed by atoms with van der Waals surface area (Å²) < 4.78 is 0. The van der Waals surface area contributed by atoms with E-state index in [0.29, 0.717) is 12.8 Å². The van der Waals surface area contributed by atoms with E-state index >= 15 is 0 Å². The molecular weight excluding hydrogens is 236 g/mol. The molecule has 0 amide bonds. The molecule has 0 bridgehead atoms. The highest BCUT2D eigenvalue weighted by molar-refractivity contribution is 6.10. The van der Waals surface area contributed by atoms with E-state index in [4.69, 9.17) is 0 Å². The fourth-order valence-electron chi connectivity index (χ4n) is 2.91. The minimum absolute atomic E-state index is 0.0688. The van der Waals surface area contributed by atoms with Crippen LogP contribution in [0.1, 0.15) is 41.3 Å². The summed E-state index contributed by atoms with van der Waals surface area (Å²) in [6, 6.07) is 10.2. The maximum absolute atomic E-state index is 12.3. The Morgan fingerprint density at radius 1 is 1.00 bits per heavy atom. The largest absolute Gasteiger partial charge is 0.300 e. The molecule has 3 rings (SSSR count). The third-order valence-corrected chi connectivity index (χ3v) is 3.88. The first-order valence-corrected chi connectivity index (χ1v) is 6.73. The Bertz CT molecular complexity index is 673. The van der Waals surface area contributed by atoms with Crippen LogP contribution in [-0.2, 0) is 17.6 Å². The second-order valence-electron chi connectivity index (χ2n) is 5.24. The molecule has 0 saturated heterocycles. The molecule has 96 valence electrons. The molecule has 2 aromatic carbocycles. The lowest BCUT2D eigenvalue weighted by molar-refractivity contribution is -0.116. The van der Waals surface area contributed by atoms with Gasteiger partial charge in [-0.2, -0.15) is 0 Å². The van der Waals surface area contributed by atoms with Gasteiger partial charge in [-0.1, -0.05) is 30.3 Å². The first-order chi connectivity index (χ1) is 9.16. The van der Waals surface area contributed by atoms with Crippen LogP contribution in [0.3, 0.4) is 0 Å². The molecule has 2 heteroatoms. The summed E-state index contributed by atoms with van der Waals surface area (Å²) in [6.45, 7) is 1.53. The topological polar surface area (TPSA) is 34.1 Å². The van der Waals surface area contributed by atoms with Crippen LogP contribution in [0.2, 0.25) is 0 Å². The molecule has 0 N–H and O–H groups in total. The van der Waals surface area contributed by atoms with Crippen molar-refractivity contribution >= 4 is 22.3 Å². The van der Waals surface area contributed by atoms with E-state index in [0.717, 1.165) is 23.8 Å². The molecule has 0 spiro atoms. The molecule has 19 heavy (non-hydrogen) atoms. The predicted octanol–water partition coefficient (Wildman–Crippen LogP) is 3.49. The van der Waals surface area contributed by atoms with Gasteiger partial charge in [0.1, 0.15) is 5.78 Å². The minimum atomic E-state index is 0.0688. The monoisotopic (exact) mass is 252 g/mol. The van der Waals surface area contributed by atoms with Crippen molar-refractivity contribution in [3.63, 3.8) is 0 Å². The molecule has 1 aliphatic carbocycles. The molecule has 0 saturated carbocycles.